The molecule has 1 atom stereocenters. The molecule has 1 heterocycles. The molecule has 6 heteroatoms. The molecule has 3 rings (SSSR count). The normalized spacial score (nSPS) is 18.6. The lowest BCUT2D eigenvalue weighted by Crippen LogP contribution is -2.38. The Morgan fingerprint density at radius 2 is 1.66 bits per heavy atom. The minimum Gasteiger partial charge on any atom is -0.507 e. The predicted octanol–water partition coefficient (Wildman–Crippen LogP) is 3.59. The first-order valence-electron chi connectivity index (χ1n) is 9.80. The number of hydrogen-bond donors (Lipinski definition) is 1. The first-order valence-corrected chi connectivity index (χ1v) is 9.80. The van der Waals surface area contributed by atoms with Gasteiger partial charge in [0.15, 0.2) is 0 Å². The van der Waals surface area contributed by atoms with Crippen molar-refractivity contribution in [2.45, 2.75) is 19.9 Å². The van der Waals surface area contributed by atoms with Crippen LogP contribution in [-0.2, 0) is 9.59 Å². The molecule has 0 spiro atoms. The summed E-state index contributed by atoms with van der Waals surface area (Å²) >= 11 is 0. The summed E-state index contributed by atoms with van der Waals surface area (Å²) in [6, 6.07) is 13.6. The first kappa shape index (κ1) is 20.7. The molecule has 2 aromatic rings. The molecule has 0 unspecified atom stereocenters. The third-order valence-electron chi connectivity index (χ3n) is 5.34. The summed E-state index contributed by atoms with van der Waals surface area (Å²) in [6.45, 7) is 6.44. The summed E-state index contributed by atoms with van der Waals surface area (Å²) in [4.78, 5) is 29.2. The molecule has 1 amide bonds. The van der Waals surface area contributed by atoms with Crippen LogP contribution in [0.4, 0.5) is 4.39 Å². The van der Waals surface area contributed by atoms with E-state index in [0.29, 0.717) is 12.1 Å². The number of likely N-dealkylation sites (tertiary alicyclic amines) is 1. The third-order valence-corrected chi connectivity index (χ3v) is 5.34. The van der Waals surface area contributed by atoms with Gasteiger partial charge < -0.3 is 14.9 Å². The Bertz CT molecular complexity index is 923. The highest BCUT2D eigenvalue weighted by Gasteiger charge is 2.46. The lowest BCUT2D eigenvalue weighted by atomic mass is 9.95. The monoisotopic (exact) mass is 396 g/mol. The molecule has 1 N–H and O–H groups in total. The molecule has 152 valence electrons. The van der Waals surface area contributed by atoms with E-state index in [9.17, 15) is 19.1 Å². The highest BCUT2D eigenvalue weighted by Crippen LogP contribution is 2.40. The van der Waals surface area contributed by atoms with Crippen molar-refractivity contribution >= 4 is 17.4 Å². The first-order chi connectivity index (χ1) is 14.0. The number of aliphatic hydroxyl groups is 1. The summed E-state index contributed by atoms with van der Waals surface area (Å²) in [6.07, 6.45) is 0. The molecule has 29 heavy (non-hydrogen) atoms. The number of ketones is 1. The highest BCUT2D eigenvalue weighted by atomic mass is 19.1. The Kier molecular flexibility index (Phi) is 6.44. The van der Waals surface area contributed by atoms with Crippen molar-refractivity contribution in [1.82, 2.24) is 9.80 Å². The quantitative estimate of drug-likeness (QED) is 0.441. The number of carbonyl (C=O) groups excluding carboxylic acids is 2. The number of benzene rings is 2. The van der Waals surface area contributed by atoms with Crippen LogP contribution in [0.5, 0.6) is 0 Å². The van der Waals surface area contributed by atoms with Gasteiger partial charge in [0, 0.05) is 24.2 Å². The molecule has 1 saturated heterocycles. The van der Waals surface area contributed by atoms with E-state index in [2.05, 4.69) is 4.90 Å². The lowest BCUT2D eigenvalue weighted by Gasteiger charge is -2.28. The molecular weight excluding hydrogens is 371 g/mol. The molecule has 2 aromatic carbocycles. The molecule has 0 radical (unpaired) electrons. The number of nitrogens with zero attached hydrogens (tertiary/aromatic N) is 2. The summed E-state index contributed by atoms with van der Waals surface area (Å²) in [5.74, 6) is -2.32. The Labute approximate surface area is 170 Å². The average molecular weight is 396 g/mol. The fraction of sp³-hybridized carbons (Fsp3) is 0.304. The molecule has 0 aliphatic carbocycles. The van der Waals surface area contributed by atoms with Gasteiger partial charge in [-0.3, -0.25) is 9.59 Å². The average Bonchev–Trinajstić information content (AvgIpc) is 2.99. The van der Waals surface area contributed by atoms with Crippen molar-refractivity contribution in [1.29, 1.82) is 0 Å². The van der Waals surface area contributed by atoms with E-state index in [0.717, 1.165) is 13.1 Å². The maximum atomic E-state index is 14.7. The van der Waals surface area contributed by atoms with Crippen molar-refractivity contribution in [2.24, 2.45) is 0 Å². The van der Waals surface area contributed by atoms with Crippen LogP contribution in [0.3, 0.4) is 0 Å². The second-order valence-electron chi connectivity index (χ2n) is 6.91. The minimum atomic E-state index is -0.966. The lowest BCUT2D eigenvalue weighted by molar-refractivity contribution is -0.140. The predicted molar refractivity (Wildman–Crippen MR) is 110 cm³/mol. The van der Waals surface area contributed by atoms with E-state index in [1.807, 2.05) is 13.8 Å². The fourth-order valence-corrected chi connectivity index (χ4v) is 3.67. The van der Waals surface area contributed by atoms with Crippen molar-refractivity contribution in [2.75, 3.05) is 26.2 Å². The fourth-order valence-electron chi connectivity index (χ4n) is 3.67. The molecule has 5 nitrogen and oxygen atoms in total. The van der Waals surface area contributed by atoms with Crippen molar-refractivity contribution in [3.63, 3.8) is 0 Å². The molecule has 1 fully saturated rings. The van der Waals surface area contributed by atoms with Crippen LogP contribution in [0.1, 0.15) is 31.0 Å². The van der Waals surface area contributed by atoms with Gasteiger partial charge in [-0.1, -0.05) is 62.4 Å². The van der Waals surface area contributed by atoms with E-state index in [1.165, 1.54) is 11.0 Å². The summed E-state index contributed by atoms with van der Waals surface area (Å²) in [7, 11) is 0. The Morgan fingerprint density at radius 3 is 2.28 bits per heavy atom. The number of Topliss-reactive ketones (excluding diaryl/α,β-unsaturated/α-hetero) is 1. The molecule has 1 aliphatic heterocycles. The Hall–Kier alpha value is -2.99. The number of likely N-dealkylation sites (N-methyl/N-ethyl adjacent to an activating group) is 1. The summed E-state index contributed by atoms with van der Waals surface area (Å²) in [5.41, 5.74) is 0.533. The zero-order chi connectivity index (χ0) is 21.0. The van der Waals surface area contributed by atoms with Gasteiger partial charge in [-0.05, 0) is 19.2 Å². The van der Waals surface area contributed by atoms with Gasteiger partial charge in [0.25, 0.3) is 11.7 Å². The van der Waals surface area contributed by atoms with E-state index in [1.54, 1.807) is 48.5 Å². The zero-order valence-electron chi connectivity index (χ0n) is 16.6. The Balaban J connectivity index is 2.11. The van der Waals surface area contributed by atoms with Crippen LogP contribution in [0.25, 0.3) is 5.76 Å². The maximum absolute atomic E-state index is 14.7. The van der Waals surface area contributed by atoms with E-state index < -0.39 is 23.5 Å². The van der Waals surface area contributed by atoms with Crippen molar-refractivity contribution in [3.8, 4) is 0 Å². The molecular formula is C23H25FN2O3. The summed E-state index contributed by atoms with van der Waals surface area (Å²) in [5, 5.41) is 10.9. The van der Waals surface area contributed by atoms with Gasteiger partial charge in [-0.15, -0.1) is 0 Å². The molecule has 0 aromatic heterocycles. The SMILES string of the molecule is CCN(CC)CCN1C(=O)C(=O)/C(=C(/O)c2ccccc2)[C@@H]1c1ccccc1F. The second kappa shape index (κ2) is 9.01. The number of hydrogen-bond acceptors (Lipinski definition) is 4. The number of amides is 1. The van der Waals surface area contributed by atoms with Crippen LogP contribution in [0.15, 0.2) is 60.2 Å². The van der Waals surface area contributed by atoms with E-state index in [-0.39, 0.29) is 23.4 Å². The van der Waals surface area contributed by atoms with Crippen LogP contribution in [0, 0.1) is 5.82 Å². The Morgan fingerprint density at radius 1 is 1.03 bits per heavy atom. The number of aliphatic hydroxyl groups excluding tert-OH is 1. The molecule has 1 aliphatic rings. The molecule has 0 bridgehead atoms. The van der Waals surface area contributed by atoms with Gasteiger partial charge in [0.2, 0.25) is 0 Å². The molecule has 0 saturated carbocycles. The highest BCUT2D eigenvalue weighted by molar-refractivity contribution is 6.46. The van der Waals surface area contributed by atoms with Crippen LogP contribution in [-0.4, -0.2) is 52.8 Å². The topological polar surface area (TPSA) is 60.9 Å². The van der Waals surface area contributed by atoms with E-state index >= 15 is 0 Å². The van der Waals surface area contributed by atoms with Gasteiger partial charge in [-0.25, -0.2) is 4.39 Å². The van der Waals surface area contributed by atoms with Crippen LogP contribution in [0.2, 0.25) is 0 Å². The van der Waals surface area contributed by atoms with Crippen LogP contribution >= 0.6 is 0 Å². The second-order valence-corrected chi connectivity index (χ2v) is 6.91. The zero-order valence-corrected chi connectivity index (χ0v) is 16.6. The number of rotatable bonds is 7. The smallest absolute Gasteiger partial charge is 0.295 e. The minimum absolute atomic E-state index is 0.0779. The van der Waals surface area contributed by atoms with E-state index in [4.69, 9.17) is 0 Å². The van der Waals surface area contributed by atoms with Gasteiger partial charge in [0.05, 0.1) is 11.6 Å². The largest absolute Gasteiger partial charge is 0.507 e. The standard InChI is InChI=1S/C23H25FN2O3/c1-3-25(4-2)14-15-26-20(17-12-8-9-13-18(17)24)19(22(28)23(26)29)21(27)16-10-6-5-7-11-16/h5-13,20,27H,3-4,14-15H2,1-2H3/b21-19+/t20-/m0/s1. The third kappa shape index (κ3) is 4.07. The van der Waals surface area contributed by atoms with Gasteiger partial charge >= 0.3 is 0 Å². The van der Waals surface area contributed by atoms with Crippen molar-refractivity contribution < 1.29 is 19.1 Å². The summed E-state index contributed by atoms with van der Waals surface area (Å²) < 4.78 is 14.7. The van der Waals surface area contributed by atoms with Crippen LogP contribution < -0.4 is 0 Å². The van der Waals surface area contributed by atoms with Gasteiger partial charge in [-0.2, -0.15) is 0 Å². The maximum Gasteiger partial charge on any atom is 0.295 e. The number of halogens is 1. The number of carbonyl (C=O) groups is 2. The van der Waals surface area contributed by atoms with Gasteiger partial charge in [0.1, 0.15) is 11.6 Å². The van der Waals surface area contributed by atoms with Crippen molar-refractivity contribution in [3.05, 3.63) is 77.1 Å².